The van der Waals surface area contributed by atoms with E-state index in [1.165, 1.54) is 0 Å². The normalized spacial score (nSPS) is 10.0. The molecule has 84 valence electrons. The van der Waals surface area contributed by atoms with Crippen LogP contribution in [0.1, 0.15) is 0 Å². The molecule has 1 aromatic carbocycles. The molecular weight excluding hydrogens is 193 g/mol. The van der Waals surface area contributed by atoms with Gasteiger partial charge in [-0.3, -0.25) is 0 Å². The van der Waals surface area contributed by atoms with E-state index in [-0.39, 0.29) is 0 Å². The Morgan fingerprint density at radius 3 is 1.73 bits per heavy atom. The van der Waals surface area contributed by atoms with Gasteiger partial charge in [0, 0.05) is 0 Å². The molecule has 0 aromatic heterocycles. The SMILES string of the molecule is C[N+](C)(C)C.OB(O)Oc1ccccc1. The highest BCUT2D eigenvalue weighted by Crippen LogP contribution is 2.07. The first-order chi connectivity index (χ1) is 6.79. The molecule has 0 fully saturated rings. The van der Waals surface area contributed by atoms with E-state index in [9.17, 15) is 0 Å². The average Bonchev–Trinajstić information content (AvgIpc) is 2.01. The van der Waals surface area contributed by atoms with Crippen LogP contribution in [0.25, 0.3) is 0 Å². The topological polar surface area (TPSA) is 49.7 Å². The molecule has 0 aliphatic heterocycles. The van der Waals surface area contributed by atoms with Gasteiger partial charge in [0.15, 0.2) is 0 Å². The summed E-state index contributed by atoms with van der Waals surface area (Å²) in [6.45, 7) is 0. The highest BCUT2D eigenvalue weighted by atomic mass is 16.6. The molecule has 15 heavy (non-hydrogen) atoms. The lowest BCUT2D eigenvalue weighted by molar-refractivity contribution is -0.849. The Morgan fingerprint density at radius 2 is 1.40 bits per heavy atom. The van der Waals surface area contributed by atoms with E-state index in [4.69, 9.17) is 10.0 Å². The first-order valence-corrected chi connectivity index (χ1v) is 4.66. The molecule has 0 bridgehead atoms. The van der Waals surface area contributed by atoms with E-state index in [2.05, 4.69) is 32.8 Å². The van der Waals surface area contributed by atoms with Crippen molar-refractivity contribution in [1.82, 2.24) is 0 Å². The number of nitrogens with zero attached hydrogens (tertiary/aromatic N) is 1. The second-order valence-electron chi connectivity index (χ2n) is 4.44. The van der Waals surface area contributed by atoms with Crippen molar-refractivity contribution in [3.8, 4) is 5.75 Å². The predicted molar refractivity (Wildman–Crippen MR) is 61.2 cm³/mol. The Bertz CT molecular complexity index is 253. The Balaban J connectivity index is 0.000000336. The summed E-state index contributed by atoms with van der Waals surface area (Å²) in [5.41, 5.74) is 0. The molecule has 2 N–H and O–H groups in total. The number of para-hydroxylation sites is 1. The summed E-state index contributed by atoms with van der Waals surface area (Å²) in [5, 5.41) is 16.7. The van der Waals surface area contributed by atoms with Crippen LogP contribution in [0.2, 0.25) is 0 Å². The minimum Gasteiger partial charge on any atom is -0.512 e. The van der Waals surface area contributed by atoms with Crippen LogP contribution < -0.4 is 4.65 Å². The number of hydrogen-bond acceptors (Lipinski definition) is 3. The molecule has 4 nitrogen and oxygen atoms in total. The van der Waals surface area contributed by atoms with E-state index in [1.807, 2.05) is 6.07 Å². The van der Waals surface area contributed by atoms with Crippen molar-refractivity contribution in [2.24, 2.45) is 0 Å². The van der Waals surface area contributed by atoms with Crippen LogP contribution >= 0.6 is 0 Å². The first-order valence-electron chi connectivity index (χ1n) is 4.66. The molecule has 0 amide bonds. The van der Waals surface area contributed by atoms with Gasteiger partial charge >= 0.3 is 7.32 Å². The van der Waals surface area contributed by atoms with Gasteiger partial charge in [0.2, 0.25) is 0 Å². The third kappa shape index (κ3) is 13.0. The minimum absolute atomic E-state index is 0.442. The highest BCUT2D eigenvalue weighted by Gasteiger charge is 2.09. The Kier molecular flexibility index (Phi) is 6.00. The van der Waals surface area contributed by atoms with Crippen LogP contribution in [0, 0.1) is 0 Å². The maximum atomic E-state index is 8.34. The fourth-order valence-electron chi connectivity index (χ4n) is 0.621. The van der Waals surface area contributed by atoms with Gasteiger partial charge in [0.05, 0.1) is 28.2 Å². The molecule has 0 aliphatic rings. The average molecular weight is 212 g/mol. The number of quaternary nitrogens is 1. The zero-order valence-electron chi connectivity index (χ0n) is 9.71. The third-order valence-electron chi connectivity index (χ3n) is 0.985. The molecule has 0 atom stereocenters. The van der Waals surface area contributed by atoms with Crippen LogP contribution in [0.5, 0.6) is 5.75 Å². The van der Waals surface area contributed by atoms with E-state index >= 15 is 0 Å². The van der Waals surface area contributed by atoms with Crippen molar-refractivity contribution in [1.29, 1.82) is 0 Å². The number of rotatable bonds is 2. The molecular formula is C10H19BNO3+. The molecule has 0 saturated heterocycles. The lowest BCUT2D eigenvalue weighted by Crippen LogP contribution is -2.27. The molecule has 1 rings (SSSR count). The lowest BCUT2D eigenvalue weighted by Gasteiger charge is -2.14. The van der Waals surface area contributed by atoms with Crippen LogP contribution in [0.15, 0.2) is 30.3 Å². The zero-order valence-corrected chi connectivity index (χ0v) is 9.71. The summed E-state index contributed by atoms with van der Waals surface area (Å²) >= 11 is 0. The lowest BCUT2D eigenvalue weighted by atomic mass is 10.2. The largest absolute Gasteiger partial charge is 0.707 e. The standard InChI is InChI=1S/C6H7BO3.C4H12N/c8-7(9)10-6-4-2-1-3-5-6;1-5(2,3)4/h1-5,8-9H;1-4H3/q;+1. The van der Waals surface area contributed by atoms with Crippen molar-refractivity contribution in [3.05, 3.63) is 30.3 Å². The molecule has 0 unspecified atom stereocenters. The predicted octanol–water partition coefficient (Wildman–Crippen LogP) is 0.357. The zero-order chi connectivity index (χ0) is 11.9. The summed E-state index contributed by atoms with van der Waals surface area (Å²) < 4.78 is 5.53. The molecule has 0 heterocycles. The van der Waals surface area contributed by atoms with Crippen LogP contribution in [-0.2, 0) is 0 Å². The Labute approximate surface area is 91.5 Å². The van der Waals surface area contributed by atoms with Gasteiger partial charge in [0.25, 0.3) is 0 Å². The van der Waals surface area contributed by atoms with Gasteiger partial charge in [-0.15, -0.1) is 0 Å². The smallest absolute Gasteiger partial charge is 0.512 e. The van der Waals surface area contributed by atoms with Crippen LogP contribution in [0.4, 0.5) is 0 Å². The maximum Gasteiger partial charge on any atom is 0.707 e. The summed E-state index contributed by atoms with van der Waals surface area (Å²) in [6, 6.07) is 8.59. The van der Waals surface area contributed by atoms with Crippen LogP contribution in [-0.4, -0.2) is 50.0 Å². The monoisotopic (exact) mass is 212 g/mol. The van der Waals surface area contributed by atoms with E-state index in [1.54, 1.807) is 24.3 Å². The van der Waals surface area contributed by atoms with Gasteiger partial charge in [-0.1, -0.05) is 18.2 Å². The van der Waals surface area contributed by atoms with Gasteiger partial charge in [-0.2, -0.15) is 0 Å². The fourth-order valence-corrected chi connectivity index (χ4v) is 0.621. The summed E-state index contributed by atoms with van der Waals surface area (Å²) in [7, 11) is 6.77. The molecule has 0 aliphatic carbocycles. The summed E-state index contributed by atoms with van der Waals surface area (Å²) in [5.74, 6) is 0.442. The number of benzene rings is 1. The molecule has 5 heteroatoms. The number of hydrogen-bond donors (Lipinski definition) is 2. The second kappa shape index (κ2) is 6.45. The van der Waals surface area contributed by atoms with E-state index in [0.29, 0.717) is 5.75 Å². The van der Waals surface area contributed by atoms with Gasteiger partial charge < -0.3 is 19.2 Å². The summed E-state index contributed by atoms with van der Waals surface area (Å²) in [6.07, 6.45) is 0. The van der Waals surface area contributed by atoms with Crippen molar-refractivity contribution >= 4 is 7.32 Å². The maximum absolute atomic E-state index is 8.34. The molecule has 0 radical (unpaired) electrons. The van der Waals surface area contributed by atoms with Crippen molar-refractivity contribution in [3.63, 3.8) is 0 Å². The van der Waals surface area contributed by atoms with Crippen molar-refractivity contribution in [2.75, 3.05) is 28.2 Å². The fraction of sp³-hybridized carbons (Fsp3) is 0.400. The minimum atomic E-state index is -1.73. The summed E-state index contributed by atoms with van der Waals surface area (Å²) in [4.78, 5) is 0. The van der Waals surface area contributed by atoms with Crippen molar-refractivity contribution in [2.45, 2.75) is 0 Å². The second-order valence-corrected chi connectivity index (χ2v) is 4.44. The molecule has 0 saturated carbocycles. The third-order valence-corrected chi connectivity index (χ3v) is 0.985. The van der Waals surface area contributed by atoms with Gasteiger partial charge in [-0.25, -0.2) is 0 Å². The van der Waals surface area contributed by atoms with E-state index < -0.39 is 7.32 Å². The van der Waals surface area contributed by atoms with Crippen molar-refractivity contribution < 1.29 is 19.2 Å². The Morgan fingerprint density at radius 1 is 1.00 bits per heavy atom. The first kappa shape index (κ1) is 14.0. The highest BCUT2D eigenvalue weighted by molar-refractivity contribution is 6.33. The Hall–Kier alpha value is -1.04. The van der Waals surface area contributed by atoms with Gasteiger partial charge in [0.1, 0.15) is 5.75 Å². The van der Waals surface area contributed by atoms with Gasteiger partial charge in [-0.05, 0) is 12.1 Å². The van der Waals surface area contributed by atoms with Crippen LogP contribution in [0.3, 0.4) is 0 Å². The van der Waals surface area contributed by atoms with E-state index in [0.717, 1.165) is 4.48 Å². The quantitative estimate of drug-likeness (QED) is 0.549. The molecule has 0 spiro atoms. The molecule has 1 aromatic rings.